The highest BCUT2D eigenvalue weighted by Gasteiger charge is 2.27. The molecule has 4 rings (SSSR count). The third-order valence-electron chi connectivity index (χ3n) is 4.54. The van der Waals surface area contributed by atoms with Gasteiger partial charge in [-0.05, 0) is 40.9 Å². The molecule has 1 aliphatic rings. The predicted molar refractivity (Wildman–Crippen MR) is 105 cm³/mol. The van der Waals surface area contributed by atoms with Crippen LogP contribution in [0, 0.1) is 5.92 Å². The molecule has 1 aliphatic heterocycles. The quantitative estimate of drug-likeness (QED) is 0.688. The fourth-order valence-electron chi connectivity index (χ4n) is 3.16. The van der Waals surface area contributed by atoms with Crippen LogP contribution in [0.2, 0.25) is 0 Å². The minimum absolute atomic E-state index is 0.0251. The van der Waals surface area contributed by atoms with Crippen LogP contribution in [0.25, 0.3) is 5.82 Å². The number of piperidine rings is 1. The summed E-state index contributed by atoms with van der Waals surface area (Å²) in [6, 6.07) is 9.49. The number of carbonyl (C=O) groups is 1. The van der Waals surface area contributed by atoms with Gasteiger partial charge in [-0.3, -0.25) is 4.79 Å². The third-order valence-corrected chi connectivity index (χ3v) is 5.23. The van der Waals surface area contributed by atoms with Crippen LogP contribution in [0.5, 0.6) is 0 Å². The fraction of sp³-hybridized carbons (Fsp3) is 0.278. The van der Waals surface area contributed by atoms with Crippen molar-refractivity contribution in [3.05, 3.63) is 53.8 Å². The van der Waals surface area contributed by atoms with E-state index in [0.717, 1.165) is 35.4 Å². The smallest absolute Gasteiger partial charge is 0.229 e. The van der Waals surface area contributed by atoms with Crippen molar-refractivity contribution in [2.75, 3.05) is 23.3 Å². The Kier molecular flexibility index (Phi) is 5.10. The van der Waals surface area contributed by atoms with Gasteiger partial charge in [0.05, 0.1) is 11.6 Å². The Morgan fingerprint density at radius 1 is 1.19 bits per heavy atom. The first-order valence-electron chi connectivity index (χ1n) is 8.68. The first-order chi connectivity index (χ1) is 13.2. The average Bonchev–Trinajstić information content (AvgIpc) is 3.25. The maximum Gasteiger partial charge on any atom is 0.229 e. The molecule has 0 radical (unpaired) electrons. The Morgan fingerprint density at radius 3 is 2.85 bits per heavy atom. The zero-order valence-electron chi connectivity index (χ0n) is 14.5. The summed E-state index contributed by atoms with van der Waals surface area (Å²) in [7, 11) is 0. The summed E-state index contributed by atoms with van der Waals surface area (Å²) in [5.74, 6) is 1.36. The van der Waals surface area contributed by atoms with E-state index in [-0.39, 0.29) is 11.8 Å². The van der Waals surface area contributed by atoms with Crippen molar-refractivity contribution >= 4 is 33.3 Å². The average molecular weight is 428 g/mol. The van der Waals surface area contributed by atoms with E-state index < -0.39 is 0 Å². The zero-order valence-corrected chi connectivity index (χ0v) is 16.1. The van der Waals surface area contributed by atoms with Gasteiger partial charge in [-0.1, -0.05) is 12.1 Å². The normalized spacial score (nSPS) is 16.9. The van der Waals surface area contributed by atoms with Crippen LogP contribution in [0.3, 0.4) is 0 Å². The molecular weight excluding hydrogens is 410 g/mol. The van der Waals surface area contributed by atoms with Gasteiger partial charge in [0.2, 0.25) is 5.91 Å². The summed E-state index contributed by atoms with van der Waals surface area (Å²) in [5.41, 5.74) is 0.787. The Labute approximate surface area is 164 Å². The molecule has 1 atom stereocenters. The topological polar surface area (TPSA) is 88.8 Å². The zero-order chi connectivity index (χ0) is 18.6. The van der Waals surface area contributed by atoms with Crippen LogP contribution < -0.4 is 10.2 Å². The van der Waals surface area contributed by atoms with Crippen molar-refractivity contribution in [1.82, 2.24) is 24.7 Å². The van der Waals surface area contributed by atoms with E-state index in [1.807, 2.05) is 30.3 Å². The van der Waals surface area contributed by atoms with Gasteiger partial charge in [0.15, 0.2) is 5.82 Å². The molecule has 27 heavy (non-hydrogen) atoms. The Bertz CT molecular complexity index is 931. The Balaban J connectivity index is 1.47. The fourth-order valence-corrected chi connectivity index (χ4v) is 3.54. The van der Waals surface area contributed by atoms with Gasteiger partial charge in [-0.2, -0.15) is 5.10 Å². The van der Waals surface area contributed by atoms with Crippen LogP contribution in [-0.4, -0.2) is 43.7 Å². The summed E-state index contributed by atoms with van der Waals surface area (Å²) < 4.78 is 2.46. The number of rotatable bonds is 4. The number of anilines is 2. The summed E-state index contributed by atoms with van der Waals surface area (Å²) in [5, 5.41) is 7.12. The van der Waals surface area contributed by atoms with Gasteiger partial charge in [-0.25, -0.2) is 19.6 Å². The van der Waals surface area contributed by atoms with Crippen molar-refractivity contribution < 1.29 is 4.79 Å². The lowest BCUT2D eigenvalue weighted by Gasteiger charge is -2.33. The number of nitrogens with one attached hydrogen (secondary N) is 1. The monoisotopic (exact) mass is 427 g/mol. The second-order valence-corrected chi connectivity index (χ2v) is 7.18. The lowest BCUT2D eigenvalue weighted by atomic mass is 9.97. The van der Waals surface area contributed by atoms with E-state index in [1.54, 1.807) is 11.0 Å². The van der Waals surface area contributed by atoms with E-state index in [4.69, 9.17) is 0 Å². The van der Waals surface area contributed by atoms with Crippen LogP contribution in [0.4, 0.5) is 11.5 Å². The van der Waals surface area contributed by atoms with Gasteiger partial charge in [0.25, 0.3) is 0 Å². The third kappa shape index (κ3) is 3.97. The minimum atomic E-state index is -0.101. The minimum Gasteiger partial charge on any atom is -0.356 e. The molecule has 8 nitrogen and oxygen atoms in total. The van der Waals surface area contributed by atoms with Gasteiger partial charge < -0.3 is 10.2 Å². The van der Waals surface area contributed by atoms with E-state index >= 15 is 0 Å². The summed E-state index contributed by atoms with van der Waals surface area (Å²) in [6.45, 7) is 1.47. The molecule has 0 aliphatic carbocycles. The summed E-state index contributed by atoms with van der Waals surface area (Å²) in [6.07, 6.45) is 6.35. The molecule has 0 bridgehead atoms. The summed E-state index contributed by atoms with van der Waals surface area (Å²) >= 11 is 3.47. The van der Waals surface area contributed by atoms with Crippen LogP contribution in [0.1, 0.15) is 12.8 Å². The number of amides is 1. The molecule has 1 saturated heterocycles. The second-order valence-electron chi connectivity index (χ2n) is 6.33. The highest BCUT2D eigenvalue weighted by Crippen LogP contribution is 2.26. The van der Waals surface area contributed by atoms with Crippen molar-refractivity contribution in [1.29, 1.82) is 0 Å². The molecule has 1 aromatic carbocycles. The molecular formula is C18H18BrN7O. The molecule has 9 heteroatoms. The van der Waals surface area contributed by atoms with Crippen molar-refractivity contribution in [2.24, 2.45) is 5.92 Å². The standard InChI is InChI=1S/C18H18BrN7O/c19-14-5-1-2-6-15(14)24-18(27)13-4-3-7-25(9-13)16-8-17(22-11-21-16)26-12-20-10-23-26/h1-2,5-6,8,10-13H,3-4,7,9H2,(H,24,27). The van der Waals surface area contributed by atoms with Gasteiger partial charge in [-0.15, -0.1) is 0 Å². The first kappa shape index (κ1) is 17.6. The molecule has 1 amide bonds. The van der Waals surface area contributed by atoms with Crippen LogP contribution >= 0.6 is 15.9 Å². The van der Waals surface area contributed by atoms with Crippen molar-refractivity contribution in [3.63, 3.8) is 0 Å². The summed E-state index contributed by atoms with van der Waals surface area (Å²) in [4.78, 5) is 27.4. The van der Waals surface area contributed by atoms with Gasteiger partial charge in [0, 0.05) is 23.6 Å². The van der Waals surface area contributed by atoms with Crippen LogP contribution in [-0.2, 0) is 4.79 Å². The maximum atomic E-state index is 12.7. The molecule has 1 fully saturated rings. The highest BCUT2D eigenvalue weighted by molar-refractivity contribution is 9.10. The number of aromatic nitrogens is 5. The molecule has 1 N–H and O–H groups in total. The lowest BCUT2D eigenvalue weighted by Crippen LogP contribution is -2.41. The van der Waals surface area contributed by atoms with Crippen LogP contribution in [0.15, 0.2) is 53.8 Å². The van der Waals surface area contributed by atoms with E-state index in [2.05, 4.69) is 46.2 Å². The van der Waals surface area contributed by atoms with Crippen molar-refractivity contribution in [2.45, 2.75) is 12.8 Å². The van der Waals surface area contributed by atoms with Crippen molar-refractivity contribution in [3.8, 4) is 5.82 Å². The maximum absolute atomic E-state index is 12.7. The van der Waals surface area contributed by atoms with E-state index in [1.165, 1.54) is 12.7 Å². The predicted octanol–water partition coefficient (Wildman–Crippen LogP) is 2.67. The lowest BCUT2D eigenvalue weighted by molar-refractivity contribution is -0.120. The number of hydrogen-bond acceptors (Lipinski definition) is 6. The largest absolute Gasteiger partial charge is 0.356 e. The molecule has 0 spiro atoms. The number of carbonyl (C=O) groups excluding carboxylic acids is 1. The van der Waals surface area contributed by atoms with E-state index in [9.17, 15) is 4.79 Å². The SMILES string of the molecule is O=C(Nc1ccccc1Br)C1CCCN(c2cc(-n3cncn3)ncn2)C1. The molecule has 2 aromatic heterocycles. The molecule has 0 saturated carbocycles. The second kappa shape index (κ2) is 7.83. The molecule has 3 heterocycles. The number of para-hydroxylation sites is 1. The molecule has 138 valence electrons. The number of halogens is 1. The Morgan fingerprint density at radius 2 is 2.04 bits per heavy atom. The molecule has 1 unspecified atom stereocenters. The molecule has 3 aromatic rings. The first-order valence-corrected chi connectivity index (χ1v) is 9.47. The highest BCUT2D eigenvalue weighted by atomic mass is 79.9. The Hall–Kier alpha value is -2.81. The van der Waals surface area contributed by atoms with Gasteiger partial charge in [0.1, 0.15) is 24.8 Å². The number of nitrogens with zero attached hydrogens (tertiary/aromatic N) is 6. The number of hydrogen-bond donors (Lipinski definition) is 1. The number of benzene rings is 1. The van der Waals surface area contributed by atoms with E-state index in [0.29, 0.717) is 12.4 Å². The van der Waals surface area contributed by atoms with Gasteiger partial charge >= 0.3 is 0 Å².